The SMILES string of the molecule is CNc1nc(N[C@H]2CCN(C(C)=O)C[C@H]2F)nn2cc(F)c(-c3ccc4nc(C)n(CCF)c4n3)c12. The third-order valence-corrected chi connectivity index (χ3v) is 6.47. The van der Waals surface area contributed by atoms with Crippen molar-refractivity contribution in [1.82, 2.24) is 34.0 Å². The predicted octanol–water partition coefficient (Wildman–Crippen LogP) is 2.97. The molecule has 2 N–H and O–H groups in total. The molecule has 1 fully saturated rings. The molecule has 4 aromatic rings. The molecule has 0 radical (unpaired) electrons. The Kier molecular flexibility index (Phi) is 6.14. The van der Waals surface area contributed by atoms with Crippen LogP contribution in [0.1, 0.15) is 19.2 Å². The van der Waals surface area contributed by atoms with Crippen molar-refractivity contribution in [1.29, 1.82) is 0 Å². The highest BCUT2D eigenvalue weighted by Crippen LogP contribution is 2.33. The number of hydrogen-bond donors (Lipinski definition) is 2. The molecular formula is C23H26F3N9O. The maximum Gasteiger partial charge on any atom is 0.243 e. The number of carbonyl (C=O) groups is 1. The van der Waals surface area contributed by atoms with Crippen LogP contribution in [0.4, 0.5) is 24.9 Å². The summed E-state index contributed by atoms with van der Waals surface area (Å²) < 4.78 is 46.1. The first kappa shape index (κ1) is 23.8. The van der Waals surface area contributed by atoms with E-state index in [1.807, 2.05) is 0 Å². The van der Waals surface area contributed by atoms with Crippen molar-refractivity contribution in [2.45, 2.75) is 39.0 Å². The quantitative estimate of drug-likeness (QED) is 0.419. The summed E-state index contributed by atoms with van der Waals surface area (Å²) in [5, 5.41) is 10.3. The second kappa shape index (κ2) is 9.28. The number of carbonyl (C=O) groups excluding carboxylic acids is 1. The fourth-order valence-electron chi connectivity index (χ4n) is 4.66. The molecule has 190 valence electrons. The fraction of sp³-hybridized carbons (Fsp3) is 0.435. The number of nitrogens with one attached hydrogen (secondary N) is 2. The number of alkyl halides is 2. The molecule has 0 spiro atoms. The van der Waals surface area contributed by atoms with Crippen LogP contribution in [0.5, 0.6) is 0 Å². The molecule has 0 bridgehead atoms. The summed E-state index contributed by atoms with van der Waals surface area (Å²) in [4.78, 5) is 26.5. The van der Waals surface area contributed by atoms with E-state index in [-0.39, 0.29) is 30.5 Å². The number of hydrogen-bond acceptors (Lipinski definition) is 7. The molecule has 0 saturated carbocycles. The number of rotatable bonds is 6. The first-order valence-corrected chi connectivity index (χ1v) is 11.6. The van der Waals surface area contributed by atoms with Gasteiger partial charge in [0.25, 0.3) is 0 Å². The Morgan fingerprint density at radius 1 is 1.25 bits per heavy atom. The minimum atomic E-state index is -1.30. The van der Waals surface area contributed by atoms with Crippen LogP contribution in [0.15, 0.2) is 18.3 Å². The van der Waals surface area contributed by atoms with E-state index < -0.39 is 24.7 Å². The van der Waals surface area contributed by atoms with Crippen molar-refractivity contribution in [3.63, 3.8) is 0 Å². The van der Waals surface area contributed by atoms with Crippen LogP contribution in [-0.4, -0.2) is 79.0 Å². The molecule has 13 heteroatoms. The molecule has 1 saturated heterocycles. The molecule has 5 rings (SSSR count). The van der Waals surface area contributed by atoms with Crippen molar-refractivity contribution < 1.29 is 18.0 Å². The molecule has 36 heavy (non-hydrogen) atoms. The van der Waals surface area contributed by atoms with Crippen molar-refractivity contribution in [3.05, 3.63) is 30.0 Å². The van der Waals surface area contributed by atoms with E-state index in [1.54, 1.807) is 30.7 Å². The van der Waals surface area contributed by atoms with Crippen molar-refractivity contribution in [3.8, 4) is 11.3 Å². The lowest BCUT2D eigenvalue weighted by molar-refractivity contribution is -0.131. The van der Waals surface area contributed by atoms with Crippen molar-refractivity contribution >= 4 is 34.4 Å². The number of amides is 1. The second-order valence-corrected chi connectivity index (χ2v) is 8.74. The Labute approximate surface area is 204 Å². The van der Waals surface area contributed by atoms with E-state index >= 15 is 4.39 Å². The highest BCUT2D eigenvalue weighted by molar-refractivity contribution is 5.89. The molecule has 1 aliphatic heterocycles. The lowest BCUT2D eigenvalue weighted by atomic mass is 10.0. The topological polar surface area (TPSA) is 105 Å². The van der Waals surface area contributed by atoms with Gasteiger partial charge in [-0.1, -0.05) is 0 Å². The third kappa shape index (κ3) is 4.07. The maximum absolute atomic E-state index is 15.3. The Bertz CT molecular complexity index is 1450. The number of likely N-dealkylation sites (tertiary alicyclic amines) is 1. The summed E-state index contributed by atoms with van der Waals surface area (Å²) in [7, 11) is 1.64. The Morgan fingerprint density at radius 2 is 2.06 bits per heavy atom. The van der Waals surface area contributed by atoms with E-state index in [0.717, 1.165) is 0 Å². The van der Waals surface area contributed by atoms with Gasteiger partial charge in [-0.3, -0.25) is 4.79 Å². The van der Waals surface area contributed by atoms with E-state index in [2.05, 4.69) is 30.7 Å². The van der Waals surface area contributed by atoms with Gasteiger partial charge in [0.15, 0.2) is 17.3 Å². The minimum Gasteiger partial charge on any atom is -0.371 e. The molecular weight excluding hydrogens is 475 g/mol. The number of halogens is 3. The molecule has 1 amide bonds. The average Bonchev–Trinajstić information content (AvgIpc) is 3.34. The average molecular weight is 502 g/mol. The molecule has 0 unspecified atom stereocenters. The molecule has 0 aromatic carbocycles. The number of aryl methyl sites for hydroxylation is 2. The largest absolute Gasteiger partial charge is 0.371 e. The molecule has 0 aliphatic carbocycles. The number of piperidine rings is 1. The summed E-state index contributed by atoms with van der Waals surface area (Å²) in [6.07, 6.45) is 0.295. The van der Waals surface area contributed by atoms with Gasteiger partial charge in [0.1, 0.15) is 29.7 Å². The molecule has 1 aliphatic rings. The molecule has 5 heterocycles. The molecule has 10 nitrogen and oxygen atoms in total. The summed E-state index contributed by atoms with van der Waals surface area (Å²) in [6.45, 7) is 3.10. The van der Waals surface area contributed by atoms with Crippen LogP contribution in [0.3, 0.4) is 0 Å². The number of nitrogens with zero attached hydrogens (tertiary/aromatic N) is 7. The van der Waals surface area contributed by atoms with Crippen LogP contribution in [0.25, 0.3) is 27.9 Å². The predicted molar refractivity (Wildman–Crippen MR) is 129 cm³/mol. The summed E-state index contributed by atoms with van der Waals surface area (Å²) >= 11 is 0. The van der Waals surface area contributed by atoms with E-state index in [1.165, 1.54) is 22.5 Å². The van der Waals surface area contributed by atoms with Gasteiger partial charge < -0.3 is 20.1 Å². The Balaban J connectivity index is 1.53. The molecule has 4 aromatic heterocycles. The first-order chi connectivity index (χ1) is 17.3. The van der Waals surface area contributed by atoms with Crippen LogP contribution < -0.4 is 10.6 Å². The van der Waals surface area contributed by atoms with Crippen molar-refractivity contribution in [2.75, 3.05) is 37.4 Å². The van der Waals surface area contributed by atoms with Gasteiger partial charge in [0.05, 0.1) is 36.6 Å². The number of imidazole rings is 1. The van der Waals surface area contributed by atoms with Gasteiger partial charge in [0.2, 0.25) is 11.9 Å². The smallest absolute Gasteiger partial charge is 0.243 e. The highest BCUT2D eigenvalue weighted by Gasteiger charge is 2.31. The van der Waals surface area contributed by atoms with E-state index in [4.69, 9.17) is 0 Å². The number of pyridine rings is 1. The number of aromatic nitrogens is 6. The van der Waals surface area contributed by atoms with Gasteiger partial charge in [-0.05, 0) is 25.5 Å². The van der Waals surface area contributed by atoms with Crippen LogP contribution in [0.2, 0.25) is 0 Å². The lowest BCUT2D eigenvalue weighted by Crippen LogP contribution is -2.49. The van der Waals surface area contributed by atoms with E-state index in [0.29, 0.717) is 47.0 Å². The van der Waals surface area contributed by atoms with Crippen LogP contribution in [-0.2, 0) is 11.3 Å². The zero-order valence-electron chi connectivity index (χ0n) is 20.1. The van der Waals surface area contributed by atoms with Crippen LogP contribution in [0, 0.1) is 12.7 Å². The second-order valence-electron chi connectivity index (χ2n) is 8.74. The van der Waals surface area contributed by atoms with Crippen LogP contribution >= 0.6 is 0 Å². The standard InChI is InChI=1S/C23H26F3N9O/c1-12-28-18-5-4-17(29-22(18)34(12)9-7-24)19-15(26)11-35-20(19)21(27-3)31-23(32-35)30-16-6-8-33(13(2)36)10-14(16)25/h4-5,11,14,16H,6-10H2,1-3H3,(H2,27,30,31,32)/t14-,16+/m1/s1. The summed E-state index contributed by atoms with van der Waals surface area (Å²) in [5.41, 5.74) is 1.89. The van der Waals surface area contributed by atoms with Crippen molar-refractivity contribution in [2.24, 2.45) is 0 Å². The Hall–Kier alpha value is -3.90. The first-order valence-electron chi connectivity index (χ1n) is 11.6. The number of anilines is 2. The normalized spacial score (nSPS) is 18.2. The van der Waals surface area contributed by atoms with Gasteiger partial charge in [-0.25, -0.2) is 27.7 Å². The summed E-state index contributed by atoms with van der Waals surface area (Å²) in [6, 6.07) is 2.77. The monoisotopic (exact) mass is 501 g/mol. The zero-order chi connectivity index (χ0) is 25.6. The number of fused-ring (bicyclic) bond motifs is 2. The maximum atomic E-state index is 15.3. The fourth-order valence-corrected chi connectivity index (χ4v) is 4.66. The van der Waals surface area contributed by atoms with Gasteiger partial charge >= 0.3 is 0 Å². The zero-order valence-corrected chi connectivity index (χ0v) is 20.1. The summed E-state index contributed by atoms with van der Waals surface area (Å²) in [5.74, 6) is 0.313. The van der Waals surface area contributed by atoms with Gasteiger partial charge in [-0.15, -0.1) is 5.10 Å². The van der Waals surface area contributed by atoms with Gasteiger partial charge in [-0.2, -0.15) is 4.98 Å². The molecule has 2 atom stereocenters. The minimum absolute atomic E-state index is 0.0109. The lowest BCUT2D eigenvalue weighted by Gasteiger charge is -2.34. The highest BCUT2D eigenvalue weighted by atomic mass is 19.1. The Morgan fingerprint density at radius 3 is 2.75 bits per heavy atom. The van der Waals surface area contributed by atoms with E-state index in [9.17, 15) is 13.6 Å². The third-order valence-electron chi connectivity index (χ3n) is 6.47. The van der Waals surface area contributed by atoms with Gasteiger partial charge in [0, 0.05) is 20.5 Å².